The van der Waals surface area contributed by atoms with Gasteiger partial charge in [-0.15, -0.1) is 0 Å². The molecule has 116 valence electrons. The number of piperazine rings is 1. The fourth-order valence-corrected chi connectivity index (χ4v) is 4.24. The predicted molar refractivity (Wildman–Crippen MR) is 82.9 cm³/mol. The van der Waals surface area contributed by atoms with Crippen molar-refractivity contribution in [1.29, 1.82) is 0 Å². The highest BCUT2D eigenvalue weighted by molar-refractivity contribution is 4.96. The number of hydrogen-bond donors (Lipinski definition) is 1. The maximum atomic E-state index is 5.60. The maximum absolute atomic E-state index is 5.60. The molecule has 0 aromatic carbocycles. The predicted octanol–water partition coefficient (Wildman–Crippen LogP) is 2.66. The first kappa shape index (κ1) is 14.8. The Labute approximate surface area is 124 Å². The lowest BCUT2D eigenvalue weighted by molar-refractivity contribution is 0.0483. The van der Waals surface area contributed by atoms with Crippen LogP contribution in [0, 0.1) is 11.8 Å². The largest absolute Gasteiger partial charge is 0.380 e. The van der Waals surface area contributed by atoms with Crippen molar-refractivity contribution >= 4 is 0 Å². The van der Waals surface area contributed by atoms with Gasteiger partial charge in [-0.1, -0.05) is 19.3 Å². The third kappa shape index (κ3) is 3.75. The summed E-state index contributed by atoms with van der Waals surface area (Å²) in [6.07, 6.45) is 10.2. The van der Waals surface area contributed by atoms with Crippen LogP contribution >= 0.6 is 0 Å². The Hall–Kier alpha value is -0.120. The first-order valence-corrected chi connectivity index (χ1v) is 8.93. The number of ether oxygens (including phenoxy) is 1. The van der Waals surface area contributed by atoms with Crippen molar-refractivity contribution in [2.24, 2.45) is 11.8 Å². The van der Waals surface area contributed by atoms with E-state index in [1.54, 1.807) is 0 Å². The van der Waals surface area contributed by atoms with Crippen LogP contribution in [0.4, 0.5) is 0 Å². The third-order valence-electron chi connectivity index (χ3n) is 5.60. The molecule has 3 nitrogen and oxygen atoms in total. The summed E-state index contributed by atoms with van der Waals surface area (Å²) in [5.74, 6) is 1.90. The molecular formula is C17H32N2O. The second-order valence-electron chi connectivity index (χ2n) is 7.01. The van der Waals surface area contributed by atoms with Crippen molar-refractivity contribution in [3.8, 4) is 0 Å². The van der Waals surface area contributed by atoms with E-state index in [1.807, 2.05) is 0 Å². The van der Waals surface area contributed by atoms with E-state index in [9.17, 15) is 0 Å². The zero-order valence-corrected chi connectivity index (χ0v) is 13.2. The first-order valence-electron chi connectivity index (χ1n) is 8.93. The summed E-state index contributed by atoms with van der Waals surface area (Å²) in [7, 11) is 0. The molecule has 2 atom stereocenters. The van der Waals surface area contributed by atoms with Crippen molar-refractivity contribution in [2.75, 3.05) is 32.8 Å². The van der Waals surface area contributed by atoms with E-state index in [-0.39, 0.29) is 0 Å². The smallest absolute Gasteiger partial charge is 0.0593 e. The van der Waals surface area contributed by atoms with Crippen molar-refractivity contribution < 1.29 is 4.74 Å². The molecule has 0 radical (unpaired) electrons. The van der Waals surface area contributed by atoms with E-state index in [4.69, 9.17) is 4.74 Å². The Balaban J connectivity index is 1.53. The molecule has 1 N–H and O–H groups in total. The highest BCUT2D eigenvalue weighted by Crippen LogP contribution is 2.37. The van der Waals surface area contributed by atoms with Gasteiger partial charge in [0.05, 0.1) is 6.61 Å². The van der Waals surface area contributed by atoms with Gasteiger partial charge in [0.15, 0.2) is 0 Å². The third-order valence-corrected chi connectivity index (χ3v) is 5.60. The molecule has 0 amide bonds. The molecule has 2 saturated carbocycles. The summed E-state index contributed by atoms with van der Waals surface area (Å²) in [5, 5.41) is 3.90. The second kappa shape index (κ2) is 7.24. The summed E-state index contributed by atoms with van der Waals surface area (Å²) in [6, 6.07) is 1.53. The molecule has 3 heteroatoms. The van der Waals surface area contributed by atoms with Crippen LogP contribution in [-0.2, 0) is 4.74 Å². The Kier molecular flexibility index (Phi) is 5.36. The Morgan fingerprint density at radius 2 is 1.85 bits per heavy atom. The summed E-state index contributed by atoms with van der Waals surface area (Å²) in [6.45, 7) is 7.49. The van der Waals surface area contributed by atoms with Gasteiger partial charge in [0.2, 0.25) is 0 Å². The van der Waals surface area contributed by atoms with Gasteiger partial charge in [-0.25, -0.2) is 0 Å². The zero-order chi connectivity index (χ0) is 13.8. The van der Waals surface area contributed by atoms with Crippen molar-refractivity contribution in [2.45, 2.75) is 64.0 Å². The molecule has 0 aromatic heterocycles. The molecule has 3 aliphatic rings. The summed E-state index contributed by atoms with van der Waals surface area (Å²) >= 11 is 0. The van der Waals surface area contributed by atoms with Gasteiger partial charge in [-0.3, -0.25) is 4.90 Å². The lowest BCUT2D eigenvalue weighted by atomic mass is 9.82. The molecular weight excluding hydrogens is 248 g/mol. The minimum Gasteiger partial charge on any atom is -0.380 e. The highest BCUT2D eigenvalue weighted by atomic mass is 16.5. The van der Waals surface area contributed by atoms with Gasteiger partial charge in [0.1, 0.15) is 0 Å². The van der Waals surface area contributed by atoms with E-state index >= 15 is 0 Å². The molecule has 3 fully saturated rings. The molecule has 2 unspecified atom stereocenters. The van der Waals surface area contributed by atoms with Crippen LogP contribution < -0.4 is 5.32 Å². The minimum atomic E-state index is 0.743. The number of hydrogen-bond acceptors (Lipinski definition) is 3. The average Bonchev–Trinajstić information content (AvgIpc) is 3.33. The first-order chi connectivity index (χ1) is 9.88. The zero-order valence-electron chi connectivity index (χ0n) is 13.2. The summed E-state index contributed by atoms with van der Waals surface area (Å²) < 4.78 is 5.60. The van der Waals surface area contributed by atoms with Gasteiger partial charge in [0.25, 0.3) is 0 Å². The van der Waals surface area contributed by atoms with E-state index in [0.29, 0.717) is 0 Å². The average molecular weight is 280 g/mol. The highest BCUT2D eigenvalue weighted by Gasteiger charge is 2.40. The van der Waals surface area contributed by atoms with Gasteiger partial charge < -0.3 is 10.1 Å². The lowest BCUT2D eigenvalue weighted by Crippen LogP contribution is -2.60. The quantitative estimate of drug-likeness (QED) is 0.757. The van der Waals surface area contributed by atoms with Crippen LogP contribution in [0.15, 0.2) is 0 Å². The molecule has 3 rings (SSSR count). The fourth-order valence-electron chi connectivity index (χ4n) is 4.24. The lowest BCUT2D eigenvalue weighted by Gasteiger charge is -2.44. The minimum absolute atomic E-state index is 0.743. The van der Waals surface area contributed by atoms with Crippen LogP contribution in [0.5, 0.6) is 0 Å². The molecule has 20 heavy (non-hydrogen) atoms. The SMILES string of the molecule is CCOCCN1CC(C2CCCCC2)NCC1C1CC1. The molecule has 0 aromatic rings. The van der Waals surface area contributed by atoms with Crippen LogP contribution in [0.2, 0.25) is 0 Å². The second-order valence-corrected chi connectivity index (χ2v) is 7.01. The summed E-state index contributed by atoms with van der Waals surface area (Å²) in [5.41, 5.74) is 0. The summed E-state index contributed by atoms with van der Waals surface area (Å²) in [4.78, 5) is 2.75. The van der Waals surface area contributed by atoms with Crippen molar-refractivity contribution in [1.82, 2.24) is 10.2 Å². The fraction of sp³-hybridized carbons (Fsp3) is 1.00. The van der Waals surface area contributed by atoms with Crippen LogP contribution in [0.3, 0.4) is 0 Å². The molecule has 1 saturated heterocycles. The Bertz CT molecular complexity index is 287. The molecule has 1 heterocycles. The number of nitrogens with zero attached hydrogens (tertiary/aromatic N) is 1. The van der Waals surface area contributed by atoms with Crippen LogP contribution in [0.25, 0.3) is 0 Å². The van der Waals surface area contributed by atoms with Gasteiger partial charge in [-0.2, -0.15) is 0 Å². The van der Waals surface area contributed by atoms with Crippen LogP contribution in [0.1, 0.15) is 51.9 Å². The number of nitrogens with one attached hydrogen (secondary N) is 1. The van der Waals surface area contributed by atoms with Gasteiger partial charge in [-0.05, 0) is 44.4 Å². The Morgan fingerprint density at radius 3 is 2.55 bits per heavy atom. The van der Waals surface area contributed by atoms with Gasteiger partial charge in [0, 0.05) is 38.3 Å². The van der Waals surface area contributed by atoms with E-state index in [0.717, 1.165) is 43.7 Å². The van der Waals surface area contributed by atoms with E-state index < -0.39 is 0 Å². The van der Waals surface area contributed by atoms with Gasteiger partial charge >= 0.3 is 0 Å². The molecule has 2 aliphatic carbocycles. The van der Waals surface area contributed by atoms with Crippen molar-refractivity contribution in [3.05, 3.63) is 0 Å². The topological polar surface area (TPSA) is 24.5 Å². The van der Waals surface area contributed by atoms with Crippen LogP contribution in [-0.4, -0.2) is 49.8 Å². The monoisotopic (exact) mass is 280 g/mol. The molecule has 0 spiro atoms. The van der Waals surface area contributed by atoms with Crippen molar-refractivity contribution in [3.63, 3.8) is 0 Å². The Morgan fingerprint density at radius 1 is 1.05 bits per heavy atom. The van der Waals surface area contributed by atoms with E-state index in [1.165, 1.54) is 58.0 Å². The number of rotatable bonds is 6. The standard InChI is InChI=1S/C17H32N2O/c1-2-20-11-10-19-13-16(14-6-4-3-5-7-14)18-12-17(19)15-8-9-15/h14-18H,2-13H2,1H3. The molecule has 1 aliphatic heterocycles. The maximum Gasteiger partial charge on any atom is 0.0593 e. The van der Waals surface area contributed by atoms with E-state index in [2.05, 4.69) is 17.1 Å². The molecule has 0 bridgehead atoms. The normalized spacial score (nSPS) is 33.5.